The van der Waals surface area contributed by atoms with E-state index in [2.05, 4.69) is 82.5 Å². The maximum Gasteiger partial charge on any atom is 0.472 e. The van der Waals surface area contributed by atoms with Crippen LogP contribution in [0.5, 0.6) is 0 Å². The quantitative estimate of drug-likeness (QED) is 0.0242. The van der Waals surface area contributed by atoms with Crippen molar-refractivity contribution in [2.45, 2.75) is 146 Å². The van der Waals surface area contributed by atoms with E-state index in [9.17, 15) is 44.0 Å². The molecular formula is C39H52O16P2. The fourth-order valence-corrected chi connectivity index (χ4v) is 6.74. The van der Waals surface area contributed by atoms with E-state index in [0.717, 1.165) is 32.1 Å². The molecule has 0 aliphatic heterocycles. The highest BCUT2D eigenvalue weighted by Crippen LogP contribution is 2.49. The predicted molar refractivity (Wildman–Crippen MR) is 205 cm³/mol. The first-order valence-corrected chi connectivity index (χ1v) is 21.5. The molecule has 0 spiro atoms. The number of esters is 2. The van der Waals surface area contributed by atoms with Crippen LogP contribution in [0.2, 0.25) is 0 Å². The fourth-order valence-electron chi connectivity index (χ4n) is 5.20. The van der Waals surface area contributed by atoms with Crippen molar-refractivity contribution < 1.29 is 76.9 Å². The molecule has 314 valence electrons. The minimum absolute atomic E-state index is 0.0304. The summed E-state index contributed by atoms with van der Waals surface area (Å²) < 4.78 is 48.4. The van der Waals surface area contributed by atoms with Crippen LogP contribution in [0.25, 0.3) is 0 Å². The molecule has 4 unspecified atom stereocenters. The lowest BCUT2D eigenvalue weighted by Gasteiger charge is -2.43. The number of rotatable bonds is 24. The molecule has 18 heteroatoms. The minimum atomic E-state index is -5.39. The van der Waals surface area contributed by atoms with Crippen LogP contribution in [0.4, 0.5) is 0 Å². The van der Waals surface area contributed by atoms with Crippen LogP contribution in [0, 0.1) is 71.0 Å². The van der Waals surface area contributed by atoms with Crippen LogP contribution in [-0.4, -0.2) is 103 Å². The van der Waals surface area contributed by atoms with Gasteiger partial charge in [-0.2, -0.15) is 0 Å². The molecule has 1 aliphatic carbocycles. The highest BCUT2D eigenvalue weighted by Gasteiger charge is 2.54. The Morgan fingerprint density at radius 1 is 0.596 bits per heavy atom. The molecule has 0 aromatic rings. The lowest BCUT2D eigenvalue weighted by atomic mass is 9.85. The minimum Gasteiger partial charge on any atom is -0.456 e. The molecule has 8 atom stereocenters. The number of ether oxygens (including phenoxy) is 2. The first-order valence-electron chi connectivity index (χ1n) is 18.5. The molecule has 0 saturated heterocycles. The fraction of sp³-hybridized carbons (Fsp3) is 0.641. The zero-order valence-electron chi connectivity index (χ0n) is 32.1. The molecule has 1 saturated carbocycles. The Morgan fingerprint density at radius 3 is 1.54 bits per heavy atom. The Bertz CT molecular complexity index is 1740. The SMILES string of the molecule is CC#CC#CC#CC#CC#CC#CC(=O)OC[C@H](COP(=O)(O)OC1C(O)[C@H](OP(=O)(O)O)[C@H](O)C(O)[C@@H]1O)OC(=O)CCCCCCCCCCCCCCC. The number of aliphatic hydroxyl groups is 4. The van der Waals surface area contributed by atoms with Crippen molar-refractivity contribution in [2.24, 2.45) is 0 Å². The summed E-state index contributed by atoms with van der Waals surface area (Å²) in [7, 11) is -10.8. The number of phosphoric acid groups is 2. The van der Waals surface area contributed by atoms with Crippen molar-refractivity contribution in [1.29, 1.82) is 0 Å². The number of carbonyl (C=O) groups excluding carboxylic acids is 2. The second-order valence-corrected chi connectivity index (χ2v) is 15.3. The summed E-state index contributed by atoms with van der Waals surface area (Å²) in [4.78, 5) is 53.5. The van der Waals surface area contributed by atoms with Crippen molar-refractivity contribution in [3.63, 3.8) is 0 Å². The van der Waals surface area contributed by atoms with E-state index in [-0.39, 0.29) is 6.42 Å². The Balaban J connectivity index is 2.83. The van der Waals surface area contributed by atoms with Crippen LogP contribution in [-0.2, 0) is 41.8 Å². The Kier molecular flexibility index (Phi) is 26.6. The first kappa shape index (κ1) is 51.4. The number of carbonyl (C=O) groups is 2. The van der Waals surface area contributed by atoms with E-state index >= 15 is 0 Å². The summed E-state index contributed by atoms with van der Waals surface area (Å²) in [5, 5.41) is 40.9. The van der Waals surface area contributed by atoms with E-state index in [0.29, 0.717) is 6.42 Å². The lowest BCUT2D eigenvalue weighted by molar-refractivity contribution is -0.216. The summed E-state index contributed by atoms with van der Waals surface area (Å²) in [6.07, 6.45) is -1.05. The smallest absolute Gasteiger partial charge is 0.456 e. The van der Waals surface area contributed by atoms with Gasteiger partial charge in [0.25, 0.3) is 0 Å². The maximum atomic E-state index is 12.9. The third kappa shape index (κ3) is 24.7. The van der Waals surface area contributed by atoms with E-state index in [1.165, 1.54) is 44.9 Å². The summed E-state index contributed by atoms with van der Waals surface area (Å²) >= 11 is 0. The number of phosphoric ester groups is 2. The molecule has 57 heavy (non-hydrogen) atoms. The van der Waals surface area contributed by atoms with Crippen molar-refractivity contribution in [2.75, 3.05) is 13.2 Å². The van der Waals surface area contributed by atoms with Crippen molar-refractivity contribution in [1.82, 2.24) is 0 Å². The van der Waals surface area contributed by atoms with Gasteiger partial charge < -0.3 is 44.6 Å². The molecule has 0 radical (unpaired) electrons. The largest absolute Gasteiger partial charge is 0.472 e. The van der Waals surface area contributed by atoms with Gasteiger partial charge in [-0.25, -0.2) is 13.9 Å². The molecule has 16 nitrogen and oxygen atoms in total. The van der Waals surface area contributed by atoms with Gasteiger partial charge in [-0.15, -0.1) is 0 Å². The van der Waals surface area contributed by atoms with Crippen LogP contribution in [0.15, 0.2) is 0 Å². The summed E-state index contributed by atoms with van der Waals surface area (Å²) in [5.41, 5.74) is 0. The molecule has 0 bridgehead atoms. The molecule has 7 N–H and O–H groups in total. The summed E-state index contributed by atoms with van der Waals surface area (Å²) in [6, 6.07) is 0. The van der Waals surface area contributed by atoms with Crippen LogP contribution in [0.1, 0.15) is 104 Å². The zero-order valence-corrected chi connectivity index (χ0v) is 33.8. The number of aliphatic hydroxyl groups excluding tert-OH is 4. The standard InChI is InChI=1S/C39H52O16P2/c1-3-5-7-9-11-13-15-16-18-20-22-24-26-28-33(41)53-31(29-51-32(40)27-25-23-21-19-17-14-12-10-8-6-4-2)30-52-57(49,50)55-39-36(44)34(42)35(43)38(37(39)45)54-56(46,47)48/h31,34-39,42-45H,3,5,7,9,11,13,15-16,18,20,22,24,26,28-30H2,1-2H3,(H,49,50)(H2,46,47,48)/t31-,34?,35-,36+,37?,38-,39?/m1/s1. The summed E-state index contributed by atoms with van der Waals surface area (Å²) in [5.74, 6) is 26.6. The van der Waals surface area contributed by atoms with Crippen molar-refractivity contribution in [3.05, 3.63) is 0 Å². The first-order chi connectivity index (χ1) is 27.1. The van der Waals surface area contributed by atoms with Crippen molar-refractivity contribution in [3.8, 4) is 71.0 Å². The monoisotopic (exact) mass is 838 g/mol. The zero-order chi connectivity index (χ0) is 42.5. The molecule has 0 amide bonds. The van der Waals surface area contributed by atoms with E-state index < -0.39 is 83.5 Å². The molecule has 1 aliphatic rings. The van der Waals surface area contributed by atoms with Crippen molar-refractivity contribution >= 4 is 27.6 Å². The second kappa shape index (κ2) is 29.6. The van der Waals surface area contributed by atoms with Gasteiger partial charge in [-0.1, -0.05) is 89.9 Å². The van der Waals surface area contributed by atoms with Crippen LogP contribution in [0.3, 0.4) is 0 Å². The molecule has 1 rings (SSSR count). The highest BCUT2D eigenvalue weighted by molar-refractivity contribution is 7.47. The molecule has 0 aromatic heterocycles. The van der Waals surface area contributed by atoms with E-state index in [1.54, 1.807) is 6.92 Å². The topological polar surface area (TPSA) is 256 Å². The van der Waals surface area contributed by atoms with Crippen LogP contribution >= 0.6 is 15.6 Å². The maximum absolute atomic E-state index is 12.9. The van der Waals surface area contributed by atoms with Gasteiger partial charge in [0.05, 0.1) is 6.61 Å². The average molecular weight is 839 g/mol. The average Bonchev–Trinajstić information content (AvgIpc) is 3.16. The molecule has 0 heterocycles. The number of hydrogen-bond acceptors (Lipinski definition) is 13. The van der Waals surface area contributed by atoms with Gasteiger partial charge in [-0.05, 0) is 72.5 Å². The number of hydrogen-bond donors (Lipinski definition) is 7. The Morgan fingerprint density at radius 2 is 1.05 bits per heavy atom. The molecular weight excluding hydrogens is 786 g/mol. The van der Waals surface area contributed by atoms with Gasteiger partial charge in [0.2, 0.25) is 0 Å². The lowest BCUT2D eigenvalue weighted by Crippen LogP contribution is -2.64. The third-order valence-electron chi connectivity index (χ3n) is 8.02. The number of unbranched alkanes of at least 4 members (excludes halogenated alkanes) is 12. The Hall–Kier alpha value is -3.64. The summed E-state index contributed by atoms with van der Waals surface area (Å²) in [6.45, 7) is 2.15. The van der Waals surface area contributed by atoms with Gasteiger partial charge in [0.1, 0.15) is 43.2 Å². The normalized spacial score (nSPS) is 21.2. The van der Waals surface area contributed by atoms with Gasteiger partial charge in [0.15, 0.2) is 6.10 Å². The highest BCUT2D eigenvalue weighted by atomic mass is 31.2. The Labute approximate surface area is 334 Å². The van der Waals surface area contributed by atoms with Gasteiger partial charge in [0, 0.05) is 12.3 Å². The van der Waals surface area contributed by atoms with Crippen LogP contribution < -0.4 is 0 Å². The molecule has 1 fully saturated rings. The van der Waals surface area contributed by atoms with Gasteiger partial charge >= 0.3 is 27.6 Å². The molecule has 0 aromatic carbocycles. The van der Waals surface area contributed by atoms with E-state index in [1.807, 2.05) is 0 Å². The second-order valence-electron chi connectivity index (χ2n) is 12.7. The predicted octanol–water partition coefficient (Wildman–Crippen LogP) is 2.40. The van der Waals surface area contributed by atoms with E-state index in [4.69, 9.17) is 28.3 Å². The third-order valence-corrected chi connectivity index (χ3v) is 9.52. The van der Waals surface area contributed by atoms with Gasteiger partial charge in [-0.3, -0.25) is 18.4 Å².